The molecule has 3 rings (SSSR count). The molecule has 0 atom stereocenters. The monoisotopic (exact) mass is 326 g/mol. The molecule has 0 spiro atoms. The molecule has 1 amide bonds. The van der Waals surface area contributed by atoms with Crippen LogP contribution in [-0.4, -0.2) is 37.4 Å². The Morgan fingerprint density at radius 2 is 1.88 bits per heavy atom. The molecule has 3 aromatic rings. The van der Waals surface area contributed by atoms with Crippen molar-refractivity contribution in [2.75, 3.05) is 32.2 Å². The van der Waals surface area contributed by atoms with E-state index in [-0.39, 0.29) is 12.5 Å². The average molecular weight is 326 g/mol. The Labute approximate surface area is 141 Å². The van der Waals surface area contributed by atoms with Crippen LogP contribution in [0.3, 0.4) is 0 Å². The van der Waals surface area contributed by atoms with Gasteiger partial charge in [0, 0.05) is 41.1 Å². The lowest BCUT2D eigenvalue weighted by Gasteiger charge is -2.07. The molecule has 0 saturated heterocycles. The predicted molar refractivity (Wildman–Crippen MR) is 96.4 cm³/mol. The summed E-state index contributed by atoms with van der Waals surface area (Å²) in [6.07, 6.45) is 0. The number of rotatable bonds is 7. The third-order valence-electron chi connectivity index (χ3n) is 4.04. The summed E-state index contributed by atoms with van der Waals surface area (Å²) in [6.45, 7) is 3.96. The van der Waals surface area contributed by atoms with E-state index in [2.05, 4.69) is 35.0 Å². The van der Waals surface area contributed by atoms with Gasteiger partial charge in [-0.2, -0.15) is 0 Å². The van der Waals surface area contributed by atoms with Crippen molar-refractivity contribution in [1.29, 1.82) is 0 Å². The first-order chi connectivity index (χ1) is 11.7. The molecule has 0 saturated carbocycles. The minimum Gasteiger partial charge on any atom is -0.382 e. The molecule has 0 unspecified atom stereocenters. The van der Waals surface area contributed by atoms with Crippen LogP contribution in [0.2, 0.25) is 0 Å². The SMILES string of the molecule is CCn1c2ccccc2c2cc(NC(=O)COCCOC)ccc21. The van der Waals surface area contributed by atoms with Gasteiger partial charge >= 0.3 is 0 Å². The normalized spacial score (nSPS) is 11.2. The van der Waals surface area contributed by atoms with Crippen molar-refractivity contribution < 1.29 is 14.3 Å². The number of nitrogens with zero attached hydrogens (tertiary/aromatic N) is 1. The van der Waals surface area contributed by atoms with Gasteiger partial charge in [-0.1, -0.05) is 18.2 Å². The fourth-order valence-corrected chi connectivity index (χ4v) is 2.98. The molecule has 2 aromatic carbocycles. The number of nitrogens with one attached hydrogen (secondary N) is 1. The molecule has 5 heteroatoms. The van der Waals surface area contributed by atoms with Crippen LogP contribution in [0.4, 0.5) is 5.69 Å². The predicted octanol–water partition coefficient (Wildman–Crippen LogP) is 3.42. The molecule has 1 N–H and O–H groups in total. The molecular weight excluding hydrogens is 304 g/mol. The van der Waals surface area contributed by atoms with Gasteiger partial charge in [-0.3, -0.25) is 4.79 Å². The molecule has 0 fully saturated rings. The zero-order valence-electron chi connectivity index (χ0n) is 14.0. The molecular formula is C19H22N2O3. The van der Waals surface area contributed by atoms with E-state index in [0.717, 1.165) is 17.6 Å². The largest absolute Gasteiger partial charge is 0.382 e. The van der Waals surface area contributed by atoms with Gasteiger partial charge in [-0.25, -0.2) is 0 Å². The van der Waals surface area contributed by atoms with Crippen molar-refractivity contribution >= 4 is 33.4 Å². The molecule has 0 aliphatic carbocycles. The van der Waals surface area contributed by atoms with Gasteiger partial charge in [0.05, 0.1) is 13.2 Å². The van der Waals surface area contributed by atoms with Crippen molar-refractivity contribution in [2.24, 2.45) is 0 Å². The maximum atomic E-state index is 12.0. The highest BCUT2D eigenvalue weighted by Crippen LogP contribution is 2.30. The zero-order valence-corrected chi connectivity index (χ0v) is 14.0. The molecule has 0 radical (unpaired) electrons. The number of fused-ring (bicyclic) bond motifs is 3. The third kappa shape index (κ3) is 3.27. The van der Waals surface area contributed by atoms with Gasteiger partial charge in [0.15, 0.2) is 0 Å². The van der Waals surface area contributed by atoms with Crippen LogP contribution in [0.25, 0.3) is 21.8 Å². The van der Waals surface area contributed by atoms with Gasteiger partial charge < -0.3 is 19.4 Å². The molecule has 0 aliphatic rings. The first kappa shape index (κ1) is 16.5. The maximum absolute atomic E-state index is 12.0. The number of aryl methyl sites for hydroxylation is 1. The summed E-state index contributed by atoms with van der Waals surface area (Å²) in [7, 11) is 1.60. The number of benzene rings is 2. The molecule has 1 heterocycles. The van der Waals surface area contributed by atoms with Gasteiger partial charge in [0.1, 0.15) is 6.61 Å². The van der Waals surface area contributed by atoms with Crippen LogP contribution >= 0.6 is 0 Å². The second-order valence-electron chi connectivity index (χ2n) is 5.59. The van der Waals surface area contributed by atoms with Crippen LogP contribution in [0.1, 0.15) is 6.92 Å². The third-order valence-corrected chi connectivity index (χ3v) is 4.04. The number of para-hydroxylation sites is 1. The fourth-order valence-electron chi connectivity index (χ4n) is 2.98. The summed E-state index contributed by atoms with van der Waals surface area (Å²) in [5.41, 5.74) is 3.16. The number of hydrogen-bond donors (Lipinski definition) is 1. The summed E-state index contributed by atoms with van der Waals surface area (Å²) in [5, 5.41) is 5.23. The second-order valence-corrected chi connectivity index (χ2v) is 5.59. The highest BCUT2D eigenvalue weighted by molar-refractivity contribution is 6.09. The highest BCUT2D eigenvalue weighted by Gasteiger charge is 2.10. The second kappa shape index (κ2) is 7.47. The molecule has 1 aromatic heterocycles. The first-order valence-electron chi connectivity index (χ1n) is 8.12. The summed E-state index contributed by atoms with van der Waals surface area (Å²) < 4.78 is 12.4. The fraction of sp³-hybridized carbons (Fsp3) is 0.316. The number of hydrogen-bond acceptors (Lipinski definition) is 3. The van der Waals surface area contributed by atoms with Crippen molar-refractivity contribution in [3.63, 3.8) is 0 Å². The molecule has 0 aliphatic heterocycles. The van der Waals surface area contributed by atoms with Gasteiger partial charge in [-0.05, 0) is 31.2 Å². The van der Waals surface area contributed by atoms with Gasteiger partial charge in [-0.15, -0.1) is 0 Å². The van der Waals surface area contributed by atoms with Crippen molar-refractivity contribution in [2.45, 2.75) is 13.5 Å². The smallest absolute Gasteiger partial charge is 0.250 e. The number of aromatic nitrogens is 1. The summed E-state index contributed by atoms with van der Waals surface area (Å²) in [6, 6.07) is 14.3. The molecule has 0 bridgehead atoms. The Bertz CT molecular complexity index is 854. The van der Waals surface area contributed by atoms with Crippen LogP contribution in [0.5, 0.6) is 0 Å². The lowest BCUT2D eigenvalue weighted by molar-refractivity contribution is -0.121. The summed E-state index contributed by atoms with van der Waals surface area (Å²) in [5.74, 6) is -0.162. The van der Waals surface area contributed by atoms with Gasteiger partial charge in [0.2, 0.25) is 5.91 Å². The van der Waals surface area contributed by atoms with E-state index < -0.39 is 0 Å². The molecule has 126 valence electrons. The minimum absolute atomic E-state index is 0.0259. The molecule has 5 nitrogen and oxygen atoms in total. The standard InChI is InChI=1S/C19H22N2O3/c1-3-21-17-7-5-4-6-15(17)16-12-14(8-9-18(16)21)20-19(22)13-24-11-10-23-2/h4-9,12H,3,10-11,13H2,1-2H3,(H,20,22). The van der Waals surface area contributed by atoms with Crippen molar-refractivity contribution in [1.82, 2.24) is 4.57 Å². The maximum Gasteiger partial charge on any atom is 0.250 e. The van der Waals surface area contributed by atoms with Crippen LogP contribution in [0, 0.1) is 0 Å². The number of carbonyl (C=O) groups is 1. The van der Waals surface area contributed by atoms with Crippen LogP contribution < -0.4 is 5.32 Å². The van der Waals surface area contributed by atoms with Crippen molar-refractivity contribution in [3.8, 4) is 0 Å². The van der Waals surface area contributed by atoms with E-state index in [1.165, 1.54) is 16.4 Å². The van der Waals surface area contributed by atoms with Crippen LogP contribution in [0.15, 0.2) is 42.5 Å². The first-order valence-corrected chi connectivity index (χ1v) is 8.12. The number of carbonyl (C=O) groups excluding carboxylic acids is 1. The summed E-state index contributed by atoms with van der Waals surface area (Å²) >= 11 is 0. The Balaban J connectivity index is 1.83. The van der Waals surface area contributed by atoms with Crippen LogP contribution in [-0.2, 0) is 20.8 Å². The van der Waals surface area contributed by atoms with E-state index >= 15 is 0 Å². The molecule has 24 heavy (non-hydrogen) atoms. The topological polar surface area (TPSA) is 52.5 Å². The Morgan fingerprint density at radius 3 is 2.67 bits per heavy atom. The number of ether oxygens (including phenoxy) is 2. The van der Waals surface area contributed by atoms with E-state index in [4.69, 9.17) is 9.47 Å². The minimum atomic E-state index is -0.162. The van der Waals surface area contributed by atoms with E-state index in [1.54, 1.807) is 7.11 Å². The van der Waals surface area contributed by atoms with Crippen molar-refractivity contribution in [3.05, 3.63) is 42.5 Å². The summed E-state index contributed by atoms with van der Waals surface area (Å²) in [4.78, 5) is 12.0. The van der Waals surface area contributed by atoms with E-state index in [9.17, 15) is 4.79 Å². The Kier molecular flexibility index (Phi) is 5.13. The Morgan fingerprint density at radius 1 is 1.08 bits per heavy atom. The number of methoxy groups -OCH3 is 1. The number of anilines is 1. The lowest BCUT2D eigenvalue weighted by Crippen LogP contribution is -2.19. The number of amides is 1. The highest BCUT2D eigenvalue weighted by atomic mass is 16.5. The van der Waals surface area contributed by atoms with E-state index in [0.29, 0.717) is 13.2 Å². The zero-order chi connectivity index (χ0) is 16.9. The lowest BCUT2D eigenvalue weighted by atomic mass is 10.1. The Hall–Kier alpha value is -2.37. The van der Waals surface area contributed by atoms with E-state index in [1.807, 2.05) is 24.3 Å². The van der Waals surface area contributed by atoms with Gasteiger partial charge in [0.25, 0.3) is 0 Å². The average Bonchev–Trinajstić information content (AvgIpc) is 2.92. The quantitative estimate of drug-likeness (QED) is 0.677.